The van der Waals surface area contributed by atoms with Gasteiger partial charge in [0, 0.05) is 5.69 Å². The topological polar surface area (TPSA) is 89.3 Å². The molecule has 2 rings (SSSR count). The number of hydrogen-bond acceptors (Lipinski definition) is 3. The molecule has 5 nitrogen and oxygen atoms in total. The van der Waals surface area contributed by atoms with Crippen LogP contribution in [0.5, 0.6) is 0 Å². The van der Waals surface area contributed by atoms with E-state index in [9.17, 15) is 13.2 Å². The molecule has 0 unspecified atom stereocenters. The number of rotatable bonds is 4. The average molecular weight is 363 g/mol. The first-order valence-corrected chi connectivity index (χ1v) is 8.80. The van der Waals surface area contributed by atoms with Crippen LogP contribution in [0.3, 0.4) is 0 Å². The van der Waals surface area contributed by atoms with Crippen LogP contribution >= 0.6 is 23.2 Å². The highest BCUT2D eigenvalue weighted by atomic mass is 35.5. The van der Waals surface area contributed by atoms with E-state index in [0.717, 1.165) is 0 Å². The summed E-state index contributed by atoms with van der Waals surface area (Å²) in [4.78, 5) is 12.3. The quantitative estimate of drug-likeness (QED) is 0.862. The first kappa shape index (κ1) is 17.3. The van der Waals surface area contributed by atoms with E-state index >= 15 is 0 Å². The van der Waals surface area contributed by atoms with Gasteiger partial charge in [0.25, 0.3) is 0 Å². The lowest BCUT2D eigenvalue weighted by Gasteiger charge is -2.07. The maximum Gasteiger partial charge on any atom is 0.238 e. The van der Waals surface area contributed by atoms with Crippen molar-refractivity contribution in [3.63, 3.8) is 0 Å². The standard InChI is InChI=1S/C14H16Cl2N2O3S/c1-14(2)10(7-11(15)16)12(14)13(19)18-8-3-5-9(6-4-8)22(17,20)21/h3-7,10,12H,1-2H3,(H,18,19)(H2,17,20,21)/t10-,12-/m0/s1. The molecule has 0 spiro atoms. The van der Waals surface area contributed by atoms with E-state index in [1.54, 1.807) is 6.08 Å². The Morgan fingerprint density at radius 3 is 2.27 bits per heavy atom. The van der Waals surface area contributed by atoms with Crippen molar-refractivity contribution >= 4 is 44.8 Å². The van der Waals surface area contributed by atoms with Crippen LogP contribution in [0.15, 0.2) is 39.7 Å². The van der Waals surface area contributed by atoms with Gasteiger partial charge in [-0.1, -0.05) is 37.0 Å². The minimum atomic E-state index is -3.74. The smallest absolute Gasteiger partial charge is 0.238 e. The number of anilines is 1. The molecule has 1 saturated carbocycles. The molecule has 0 aliphatic heterocycles. The molecule has 1 aromatic rings. The fourth-order valence-electron chi connectivity index (χ4n) is 2.57. The Labute approximate surface area is 139 Å². The molecule has 8 heteroatoms. The van der Waals surface area contributed by atoms with Gasteiger partial charge < -0.3 is 5.32 Å². The maximum absolute atomic E-state index is 12.3. The third-order valence-corrected chi connectivity index (χ3v) is 5.13. The zero-order chi connectivity index (χ0) is 16.7. The van der Waals surface area contributed by atoms with Crippen LogP contribution in [0.25, 0.3) is 0 Å². The average Bonchev–Trinajstić information content (AvgIpc) is 2.89. The first-order valence-electron chi connectivity index (χ1n) is 6.50. The van der Waals surface area contributed by atoms with Crippen LogP contribution in [0.1, 0.15) is 13.8 Å². The molecule has 0 saturated heterocycles. The summed E-state index contributed by atoms with van der Waals surface area (Å²) in [5.41, 5.74) is 0.277. The molecule has 22 heavy (non-hydrogen) atoms. The molecule has 120 valence electrons. The Morgan fingerprint density at radius 2 is 1.82 bits per heavy atom. The van der Waals surface area contributed by atoms with E-state index in [2.05, 4.69) is 5.32 Å². The number of allylic oxidation sites excluding steroid dienone is 1. The maximum atomic E-state index is 12.3. The molecule has 0 aromatic heterocycles. The van der Waals surface area contributed by atoms with Crippen LogP contribution in [0, 0.1) is 17.3 Å². The molecule has 1 aliphatic rings. The van der Waals surface area contributed by atoms with Crippen molar-refractivity contribution in [1.82, 2.24) is 0 Å². The van der Waals surface area contributed by atoms with Gasteiger partial charge in [0.2, 0.25) is 15.9 Å². The zero-order valence-electron chi connectivity index (χ0n) is 12.0. The largest absolute Gasteiger partial charge is 0.326 e. The Kier molecular flexibility index (Phi) is 4.59. The monoisotopic (exact) mass is 362 g/mol. The second kappa shape index (κ2) is 5.85. The van der Waals surface area contributed by atoms with Crippen molar-refractivity contribution in [2.24, 2.45) is 22.4 Å². The lowest BCUT2D eigenvalue weighted by Crippen LogP contribution is -2.17. The van der Waals surface area contributed by atoms with Gasteiger partial charge in [0.1, 0.15) is 4.49 Å². The summed E-state index contributed by atoms with van der Waals surface area (Å²) in [7, 11) is -3.74. The molecule has 1 aliphatic carbocycles. The van der Waals surface area contributed by atoms with Gasteiger partial charge in [0.05, 0.1) is 10.8 Å². The van der Waals surface area contributed by atoms with E-state index in [0.29, 0.717) is 5.69 Å². The van der Waals surface area contributed by atoms with Crippen molar-refractivity contribution < 1.29 is 13.2 Å². The molecule has 1 aromatic carbocycles. The number of halogens is 2. The van der Waals surface area contributed by atoms with E-state index in [-0.39, 0.29) is 32.5 Å². The van der Waals surface area contributed by atoms with Crippen LogP contribution in [-0.2, 0) is 14.8 Å². The lowest BCUT2D eigenvalue weighted by atomic mass is 10.1. The Balaban J connectivity index is 2.09. The summed E-state index contributed by atoms with van der Waals surface area (Å²) in [5.74, 6) is -0.428. The molecule has 1 amide bonds. The van der Waals surface area contributed by atoms with Crippen LogP contribution in [0.2, 0.25) is 0 Å². The number of carbonyl (C=O) groups is 1. The number of sulfonamides is 1. The van der Waals surface area contributed by atoms with Gasteiger partial charge in [-0.25, -0.2) is 13.6 Å². The van der Waals surface area contributed by atoms with Crippen molar-refractivity contribution in [1.29, 1.82) is 0 Å². The number of nitrogens with two attached hydrogens (primary N) is 1. The normalized spacial score (nSPS) is 22.8. The molecule has 3 N–H and O–H groups in total. The van der Waals surface area contributed by atoms with E-state index in [4.69, 9.17) is 28.3 Å². The summed E-state index contributed by atoms with van der Waals surface area (Å²) in [6.07, 6.45) is 1.66. The minimum Gasteiger partial charge on any atom is -0.326 e. The van der Waals surface area contributed by atoms with Gasteiger partial charge in [-0.05, 0) is 41.7 Å². The van der Waals surface area contributed by atoms with Gasteiger partial charge in [-0.15, -0.1) is 0 Å². The Morgan fingerprint density at radius 1 is 1.27 bits per heavy atom. The highest BCUT2D eigenvalue weighted by molar-refractivity contribution is 7.89. The van der Waals surface area contributed by atoms with Crippen molar-refractivity contribution in [3.8, 4) is 0 Å². The number of benzene rings is 1. The Hall–Kier alpha value is -1.08. The van der Waals surface area contributed by atoms with Crippen molar-refractivity contribution in [2.45, 2.75) is 18.7 Å². The fraction of sp³-hybridized carbons (Fsp3) is 0.357. The van der Waals surface area contributed by atoms with Crippen molar-refractivity contribution in [3.05, 3.63) is 34.8 Å². The molecule has 1 fully saturated rings. The third kappa shape index (κ3) is 3.63. The molecule has 0 radical (unpaired) electrons. The predicted molar refractivity (Wildman–Crippen MR) is 87.0 cm³/mol. The number of primary sulfonamides is 1. The SMILES string of the molecule is CC1(C)[C@H](C(=O)Nc2ccc(S(N)(=O)=O)cc2)[C@@H]1C=C(Cl)Cl. The summed E-state index contributed by atoms with van der Waals surface area (Å²) >= 11 is 11.3. The van der Waals surface area contributed by atoms with Gasteiger partial charge in [0.15, 0.2) is 0 Å². The van der Waals surface area contributed by atoms with Gasteiger partial charge in [-0.2, -0.15) is 0 Å². The van der Waals surface area contributed by atoms with E-state index < -0.39 is 10.0 Å². The molecule has 0 bridgehead atoms. The summed E-state index contributed by atoms with van der Waals surface area (Å²) in [6.45, 7) is 3.92. The zero-order valence-corrected chi connectivity index (χ0v) is 14.3. The number of amides is 1. The van der Waals surface area contributed by atoms with Crippen LogP contribution in [0.4, 0.5) is 5.69 Å². The van der Waals surface area contributed by atoms with Crippen molar-refractivity contribution in [2.75, 3.05) is 5.32 Å². The summed E-state index contributed by atoms with van der Waals surface area (Å²) in [5, 5.41) is 7.77. The fourth-order valence-corrected chi connectivity index (χ4v) is 3.36. The van der Waals surface area contributed by atoms with Crippen LogP contribution in [-0.4, -0.2) is 14.3 Å². The van der Waals surface area contributed by atoms with Crippen LogP contribution < -0.4 is 10.5 Å². The minimum absolute atomic E-state index is 0.00742. The molecular formula is C14H16Cl2N2O3S. The third-order valence-electron chi connectivity index (χ3n) is 3.95. The second-order valence-electron chi connectivity index (χ2n) is 5.84. The summed E-state index contributed by atoms with van der Waals surface area (Å²) < 4.78 is 22.5. The van der Waals surface area contributed by atoms with E-state index in [1.165, 1.54) is 24.3 Å². The summed E-state index contributed by atoms with van der Waals surface area (Å²) in [6, 6.07) is 5.67. The van der Waals surface area contributed by atoms with Gasteiger partial charge >= 0.3 is 0 Å². The number of nitrogens with one attached hydrogen (secondary N) is 1. The molecule has 0 heterocycles. The predicted octanol–water partition coefficient (Wildman–Crippen LogP) is 2.86. The van der Waals surface area contributed by atoms with E-state index in [1.807, 2.05) is 13.8 Å². The van der Waals surface area contributed by atoms with Gasteiger partial charge in [-0.3, -0.25) is 4.79 Å². The highest BCUT2D eigenvalue weighted by Crippen LogP contribution is 2.60. The number of hydrogen-bond donors (Lipinski definition) is 2. The lowest BCUT2D eigenvalue weighted by molar-refractivity contribution is -0.118. The second-order valence-corrected chi connectivity index (χ2v) is 8.41. The number of carbonyl (C=O) groups excluding carboxylic acids is 1. The highest BCUT2D eigenvalue weighted by Gasteiger charge is 2.60. The molecule has 2 atom stereocenters. The first-order chi connectivity index (χ1) is 10.0. The Bertz CT molecular complexity index is 723. The molecular weight excluding hydrogens is 347 g/mol.